The molecule has 0 N–H and O–H groups in total. The van der Waals surface area contributed by atoms with E-state index in [1.165, 1.54) is 0 Å². The maximum absolute atomic E-state index is 5.91. The second-order valence-corrected chi connectivity index (χ2v) is 7.66. The summed E-state index contributed by atoms with van der Waals surface area (Å²) >= 11 is 0. The molecule has 2 heterocycles. The molecule has 18 heavy (non-hydrogen) atoms. The number of hydrogen-bond acceptors (Lipinski definition) is 4. The van der Waals surface area contributed by atoms with E-state index in [0.29, 0.717) is 12.8 Å². The smallest absolute Gasteiger partial charge is 0.178 e. The van der Waals surface area contributed by atoms with Crippen LogP contribution in [-0.4, -0.2) is 38.0 Å². The molecule has 2 spiro atoms. The van der Waals surface area contributed by atoms with Crippen LogP contribution in [0.25, 0.3) is 0 Å². The summed E-state index contributed by atoms with van der Waals surface area (Å²) in [5.74, 6) is -0.895. The highest BCUT2D eigenvalue weighted by atomic mass is 16.8. The van der Waals surface area contributed by atoms with Gasteiger partial charge in [-0.15, -0.1) is 0 Å². The van der Waals surface area contributed by atoms with Gasteiger partial charge in [-0.2, -0.15) is 0 Å². The van der Waals surface area contributed by atoms with Crippen molar-refractivity contribution in [1.82, 2.24) is 0 Å². The Morgan fingerprint density at radius 3 is 1.11 bits per heavy atom. The van der Waals surface area contributed by atoms with Crippen LogP contribution in [0, 0.1) is 10.8 Å². The van der Waals surface area contributed by atoms with Gasteiger partial charge in [0, 0.05) is 10.8 Å². The Bertz CT molecular complexity index is 286. The van der Waals surface area contributed by atoms with Gasteiger partial charge < -0.3 is 18.9 Å². The van der Waals surface area contributed by atoms with Crippen molar-refractivity contribution in [2.45, 2.75) is 52.1 Å². The first-order valence-electron chi connectivity index (χ1n) is 6.80. The van der Waals surface area contributed by atoms with Gasteiger partial charge in [0.25, 0.3) is 0 Å². The lowest BCUT2D eigenvalue weighted by molar-refractivity contribution is -0.446. The van der Waals surface area contributed by atoms with Crippen molar-refractivity contribution in [2.75, 3.05) is 26.4 Å². The predicted molar refractivity (Wildman–Crippen MR) is 66.1 cm³/mol. The van der Waals surface area contributed by atoms with Gasteiger partial charge in [-0.1, -0.05) is 27.7 Å². The summed E-state index contributed by atoms with van der Waals surface area (Å²) in [6.45, 7) is 11.6. The monoisotopic (exact) mass is 256 g/mol. The van der Waals surface area contributed by atoms with Gasteiger partial charge in [0.2, 0.25) is 0 Å². The molecule has 0 atom stereocenters. The Morgan fingerprint density at radius 1 is 0.556 bits per heavy atom. The summed E-state index contributed by atoms with van der Waals surface area (Å²) in [4.78, 5) is 0. The zero-order valence-electron chi connectivity index (χ0n) is 11.9. The van der Waals surface area contributed by atoms with Gasteiger partial charge in [-0.3, -0.25) is 0 Å². The van der Waals surface area contributed by atoms with Gasteiger partial charge >= 0.3 is 0 Å². The zero-order valence-corrected chi connectivity index (χ0v) is 11.9. The first-order valence-corrected chi connectivity index (χ1v) is 6.80. The molecule has 0 amide bonds. The van der Waals surface area contributed by atoms with Crippen molar-refractivity contribution in [3.05, 3.63) is 0 Å². The van der Waals surface area contributed by atoms with Crippen molar-refractivity contribution in [1.29, 1.82) is 0 Å². The normalized spacial score (nSPS) is 35.3. The van der Waals surface area contributed by atoms with E-state index in [-0.39, 0.29) is 10.8 Å². The first-order chi connectivity index (χ1) is 8.24. The van der Waals surface area contributed by atoms with Crippen LogP contribution in [0.3, 0.4) is 0 Å². The predicted octanol–water partition coefficient (Wildman–Crippen LogP) is 2.32. The molecule has 3 fully saturated rings. The van der Waals surface area contributed by atoms with E-state index in [9.17, 15) is 0 Å². The highest BCUT2D eigenvalue weighted by Crippen LogP contribution is 2.53. The van der Waals surface area contributed by atoms with Gasteiger partial charge in [-0.25, -0.2) is 0 Å². The maximum atomic E-state index is 5.91. The van der Waals surface area contributed by atoms with Crippen molar-refractivity contribution in [3.63, 3.8) is 0 Å². The largest absolute Gasteiger partial charge is 0.349 e. The van der Waals surface area contributed by atoms with E-state index < -0.39 is 11.6 Å². The van der Waals surface area contributed by atoms with Gasteiger partial charge in [-0.05, 0) is 0 Å². The Hall–Kier alpha value is -0.160. The molecule has 0 bridgehead atoms. The third kappa shape index (κ3) is 2.20. The van der Waals surface area contributed by atoms with E-state index >= 15 is 0 Å². The van der Waals surface area contributed by atoms with Crippen molar-refractivity contribution in [3.8, 4) is 0 Å². The van der Waals surface area contributed by atoms with Crippen LogP contribution in [0.5, 0.6) is 0 Å². The molecule has 0 aromatic heterocycles. The fourth-order valence-corrected chi connectivity index (χ4v) is 2.65. The molecule has 0 aromatic rings. The van der Waals surface area contributed by atoms with Crippen LogP contribution in [0.15, 0.2) is 0 Å². The lowest BCUT2D eigenvalue weighted by Gasteiger charge is -2.59. The topological polar surface area (TPSA) is 36.9 Å². The molecule has 0 unspecified atom stereocenters. The quantitative estimate of drug-likeness (QED) is 0.666. The molecule has 3 rings (SSSR count). The molecule has 3 aliphatic rings. The van der Waals surface area contributed by atoms with Crippen LogP contribution < -0.4 is 0 Å². The highest BCUT2D eigenvalue weighted by Gasteiger charge is 2.62. The average molecular weight is 256 g/mol. The van der Waals surface area contributed by atoms with Gasteiger partial charge in [0.15, 0.2) is 11.6 Å². The second kappa shape index (κ2) is 3.69. The molecule has 2 aliphatic heterocycles. The maximum Gasteiger partial charge on any atom is 0.178 e. The Labute approximate surface area is 109 Å². The Morgan fingerprint density at radius 2 is 0.833 bits per heavy atom. The van der Waals surface area contributed by atoms with E-state index in [2.05, 4.69) is 27.7 Å². The van der Waals surface area contributed by atoms with E-state index in [4.69, 9.17) is 18.9 Å². The third-order valence-corrected chi connectivity index (χ3v) is 3.98. The summed E-state index contributed by atoms with van der Waals surface area (Å²) < 4.78 is 23.7. The average Bonchev–Trinajstić information content (AvgIpc) is 2.24. The Kier molecular flexibility index (Phi) is 2.63. The van der Waals surface area contributed by atoms with Crippen LogP contribution in [0.2, 0.25) is 0 Å². The second-order valence-electron chi connectivity index (χ2n) is 7.66. The summed E-state index contributed by atoms with van der Waals surface area (Å²) in [6.07, 6.45) is 1.40. The summed E-state index contributed by atoms with van der Waals surface area (Å²) in [5.41, 5.74) is 0.231. The fourth-order valence-electron chi connectivity index (χ4n) is 2.65. The standard InChI is InChI=1S/C14H24O4/c1-11(2)7-15-13(16-8-11)5-14(6-13)17-9-12(3,4)10-18-14/h5-10H2,1-4H3. The number of rotatable bonds is 0. The molecule has 0 radical (unpaired) electrons. The minimum absolute atomic E-state index is 0.115. The molecule has 4 heteroatoms. The van der Waals surface area contributed by atoms with Crippen molar-refractivity contribution < 1.29 is 18.9 Å². The fraction of sp³-hybridized carbons (Fsp3) is 1.00. The van der Waals surface area contributed by atoms with Gasteiger partial charge in [0.05, 0.1) is 39.3 Å². The van der Waals surface area contributed by atoms with Crippen LogP contribution >= 0.6 is 0 Å². The minimum Gasteiger partial charge on any atom is -0.349 e. The molecule has 0 aromatic carbocycles. The summed E-state index contributed by atoms with van der Waals surface area (Å²) in [6, 6.07) is 0. The third-order valence-electron chi connectivity index (χ3n) is 3.98. The summed E-state index contributed by atoms with van der Waals surface area (Å²) in [7, 11) is 0. The lowest BCUT2D eigenvalue weighted by Crippen LogP contribution is -2.67. The van der Waals surface area contributed by atoms with Crippen LogP contribution in [-0.2, 0) is 18.9 Å². The lowest BCUT2D eigenvalue weighted by atomic mass is 9.79. The van der Waals surface area contributed by atoms with Crippen LogP contribution in [0.4, 0.5) is 0 Å². The minimum atomic E-state index is -0.447. The van der Waals surface area contributed by atoms with Crippen molar-refractivity contribution in [2.24, 2.45) is 10.8 Å². The van der Waals surface area contributed by atoms with Crippen molar-refractivity contribution >= 4 is 0 Å². The van der Waals surface area contributed by atoms with E-state index in [0.717, 1.165) is 26.4 Å². The number of ether oxygens (including phenoxy) is 4. The summed E-state index contributed by atoms with van der Waals surface area (Å²) in [5, 5.41) is 0. The van der Waals surface area contributed by atoms with Crippen LogP contribution in [0.1, 0.15) is 40.5 Å². The Balaban J connectivity index is 1.57. The SMILES string of the molecule is CC1(C)COC2(CC3(C2)OCC(C)(C)CO3)OC1. The van der Waals surface area contributed by atoms with Gasteiger partial charge in [0.1, 0.15) is 0 Å². The molecular formula is C14H24O4. The molecule has 1 saturated carbocycles. The molecule has 104 valence electrons. The molecule has 4 nitrogen and oxygen atoms in total. The molecule has 1 aliphatic carbocycles. The number of hydrogen-bond donors (Lipinski definition) is 0. The first kappa shape index (κ1) is 12.9. The molecule has 2 saturated heterocycles. The van der Waals surface area contributed by atoms with E-state index in [1.54, 1.807) is 0 Å². The zero-order chi connectivity index (χ0) is 13.1. The molecular weight excluding hydrogens is 232 g/mol. The van der Waals surface area contributed by atoms with E-state index in [1.807, 2.05) is 0 Å². The highest BCUT2D eigenvalue weighted by molar-refractivity contribution is 5.01.